The number of nitrogens with zero attached hydrogens (tertiary/aromatic N) is 1. The van der Waals surface area contributed by atoms with Crippen LogP contribution in [0.5, 0.6) is 11.5 Å². The zero-order valence-electron chi connectivity index (χ0n) is 16.8. The summed E-state index contributed by atoms with van der Waals surface area (Å²) in [4.78, 5) is 16.4. The van der Waals surface area contributed by atoms with Crippen LogP contribution in [0.25, 0.3) is 0 Å². The lowest BCUT2D eigenvalue weighted by molar-refractivity contribution is -0.121. The second kappa shape index (κ2) is 10.2. The number of hydrogen-bond acceptors (Lipinski definition) is 4. The van der Waals surface area contributed by atoms with Gasteiger partial charge in [0.2, 0.25) is 5.91 Å². The lowest BCUT2D eigenvalue weighted by atomic mass is 10.0. The van der Waals surface area contributed by atoms with Crippen LogP contribution in [0.4, 0.5) is 5.69 Å². The number of rotatable bonds is 8. The average molecular weight is 410 g/mol. The van der Waals surface area contributed by atoms with Crippen LogP contribution < -0.4 is 10.1 Å². The van der Waals surface area contributed by atoms with E-state index in [1.165, 1.54) is 0 Å². The largest absolute Gasteiger partial charge is 0.457 e. The van der Waals surface area contributed by atoms with Crippen LogP contribution in [0.3, 0.4) is 0 Å². The molecule has 0 fully saturated rings. The van der Waals surface area contributed by atoms with Crippen molar-refractivity contribution in [2.45, 2.75) is 6.10 Å². The number of benzene rings is 3. The van der Waals surface area contributed by atoms with E-state index in [1.807, 2.05) is 60.7 Å². The molecule has 0 aliphatic rings. The van der Waals surface area contributed by atoms with Gasteiger partial charge >= 0.3 is 0 Å². The Morgan fingerprint density at radius 3 is 1.87 bits per heavy atom. The minimum atomic E-state index is -0.315. The van der Waals surface area contributed by atoms with Crippen molar-refractivity contribution in [2.24, 2.45) is 0 Å². The fourth-order valence-electron chi connectivity index (χ4n) is 3.15. The van der Waals surface area contributed by atoms with E-state index in [-0.39, 0.29) is 18.6 Å². The molecular weight excluding hydrogens is 388 g/mol. The van der Waals surface area contributed by atoms with Gasteiger partial charge in [0.05, 0.1) is 0 Å². The van der Waals surface area contributed by atoms with E-state index in [0.29, 0.717) is 17.2 Å². The highest BCUT2D eigenvalue weighted by molar-refractivity contribution is 5.91. The summed E-state index contributed by atoms with van der Waals surface area (Å²) in [6.07, 6.45) is 3.02. The maximum Gasteiger partial charge on any atom is 0.250 e. The van der Waals surface area contributed by atoms with Gasteiger partial charge in [-0.1, -0.05) is 60.7 Å². The van der Waals surface area contributed by atoms with E-state index >= 15 is 0 Å². The Hall–Kier alpha value is -3.96. The minimum absolute atomic E-state index is 0.0658. The monoisotopic (exact) mass is 410 g/mol. The summed E-state index contributed by atoms with van der Waals surface area (Å²) in [5.74, 6) is 1.15. The van der Waals surface area contributed by atoms with Crippen molar-refractivity contribution in [3.05, 3.63) is 121 Å². The Labute approximate surface area is 181 Å². The molecule has 3 aromatic carbocycles. The summed E-state index contributed by atoms with van der Waals surface area (Å²) in [6.45, 7) is -0.0658. The van der Waals surface area contributed by atoms with E-state index in [4.69, 9.17) is 9.47 Å². The lowest BCUT2D eigenvalue weighted by Crippen LogP contribution is -2.20. The van der Waals surface area contributed by atoms with Crippen LogP contribution in [0.2, 0.25) is 0 Å². The summed E-state index contributed by atoms with van der Waals surface area (Å²) >= 11 is 0. The Bertz CT molecular complexity index is 1050. The van der Waals surface area contributed by atoms with E-state index in [9.17, 15) is 4.79 Å². The molecule has 5 heteroatoms. The second-order valence-electron chi connectivity index (χ2n) is 6.87. The van der Waals surface area contributed by atoms with Gasteiger partial charge in [0.15, 0.2) is 0 Å². The topological polar surface area (TPSA) is 60.5 Å². The molecule has 1 heterocycles. The third kappa shape index (κ3) is 5.78. The molecule has 0 unspecified atom stereocenters. The van der Waals surface area contributed by atoms with E-state index in [2.05, 4.69) is 10.3 Å². The van der Waals surface area contributed by atoms with Crippen molar-refractivity contribution in [3.8, 4) is 11.5 Å². The molecule has 4 aromatic rings. The number of anilines is 1. The molecule has 0 radical (unpaired) electrons. The van der Waals surface area contributed by atoms with Gasteiger partial charge in [-0.15, -0.1) is 0 Å². The van der Waals surface area contributed by atoms with Crippen molar-refractivity contribution >= 4 is 11.6 Å². The Morgan fingerprint density at radius 1 is 0.742 bits per heavy atom. The quantitative estimate of drug-likeness (QED) is 0.410. The second-order valence-corrected chi connectivity index (χ2v) is 6.87. The molecule has 0 atom stereocenters. The molecule has 0 aliphatic heterocycles. The molecule has 1 amide bonds. The van der Waals surface area contributed by atoms with Crippen LogP contribution in [-0.4, -0.2) is 17.5 Å². The number of carbonyl (C=O) groups is 1. The summed E-state index contributed by atoms with van der Waals surface area (Å²) in [6, 6.07) is 30.5. The molecule has 0 saturated carbocycles. The fourth-order valence-corrected chi connectivity index (χ4v) is 3.15. The fraction of sp³-hybridized carbons (Fsp3) is 0.0769. The first-order chi connectivity index (χ1) is 15.3. The van der Waals surface area contributed by atoms with Crippen LogP contribution >= 0.6 is 0 Å². The van der Waals surface area contributed by atoms with Gasteiger partial charge < -0.3 is 14.8 Å². The van der Waals surface area contributed by atoms with Crippen molar-refractivity contribution in [2.75, 3.05) is 11.9 Å². The maximum atomic E-state index is 12.5. The molecule has 154 valence electrons. The number of nitrogens with one attached hydrogen (secondary N) is 1. The highest BCUT2D eigenvalue weighted by atomic mass is 16.5. The van der Waals surface area contributed by atoms with Crippen LogP contribution in [0, 0.1) is 0 Å². The highest BCUT2D eigenvalue weighted by Crippen LogP contribution is 2.26. The summed E-state index contributed by atoms with van der Waals surface area (Å²) in [5.41, 5.74) is 2.67. The third-order valence-corrected chi connectivity index (χ3v) is 4.61. The summed E-state index contributed by atoms with van der Waals surface area (Å²) < 4.78 is 11.7. The number of pyridine rings is 1. The molecule has 5 nitrogen and oxygen atoms in total. The lowest BCUT2D eigenvalue weighted by Gasteiger charge is -2.19. The van der Waals surface area contributed by atoms with Gasteiger partial charge in [0.25, 0.3) is 0 Å². The predicted octanol–water partition coefficient (Wildman–Crippen LogP) is 5.62. The summed E-state index contributed by atoms with van der Waals surface area (Å²) in [5, 5.41) is 2.86. The molecular formula is C26H22N2O3. The first-order valence-corrected chi connectivity index (χ1v) is 9.97. The Balaban J connectivity index is 1.36. The predicted molar refractivity (Wildman–Crippen MR) is 120 cm³/mol. The van der Waals surface area contributed by atoms with Crippen molar-refractivity contribution in [3.63, 3.8) is 0 Å². The number of carbonyl (C=O) groups excluding carboxylic acids is 1. The zero-order chi connectivity index (χ0) is 21.3. The molecule has 0 saturated heterocycles. The van der Waals surface area contributed by atoms with Gasteiger partial charge in [-0.2, -0.15) is 0 Å². The first kappa shape index (κ1) is 20.3. The third-order valence-electron chi connectivity index (χ3n) is 4.61. The van der Waals surface area contributed by atoms with Gasteiger partial charge in [-0.25, -0.2) is 0 Å². The normalized spacial score (nSPS) is 10.6. The van der Waals surface area contributed by atoms with Crippen molar-refractivity contribution < 1.29 is 14.3 Å². The molecule has 0 aliphatic carbocycles. The van der Waals surface area contributed by atoms with Gasteiger partial charge in [0.1, 0.15) is 24.2 Å². The maximum absolute atomic E-state index is 12.5. The smallest absolute Gasteiger partial charge is 0.250 e. The Kier molecular flexibility index (Phi) is 6.67. The minimum Gasteiger partial charge on any atom is -0.457 e. The molecule has 1 N–H and O–H groups in total. The number of ether oxygens (including phenoxy) is 2. The Morgan fingerprint density at radius 2 is 1.29 bits per heavy atom. The van der Waals surface area contributed by atoms with Crippen molar-refractivity contribution in [1.29, 1.82) is 0 Å². The van der Waals surface area contributed by atoms with Crippen LogP contribution in [0.1, 0.15) is 17.2 Å². The SMILES string of the molecule is O=C(COC(c1ccccc1)c1ccccc1)Nc1ccc(Oc2ccncc2)cc1. The van der Waals surface area contributed by atoms with Crippen LogP contribution in [0.15, 0.2) is 109 Å². The molecule has 1 aromatic heterocycles. The summed E-state index contributed by atoms with van der Waals surface area (Å²) in [7, 11) is 0. The van der Waals surface area contributed by atoms with Gasteiger partial charge in [0, 0.05) is 18.1 Å². The standard InChI is InChI=1S/C26H22N2O3/c29-25(28-22-11-13-23(14-12-22)31-24-15-17-27-18-16-24)19-30-26(20-7-3-1-4-8-20)21-9-5-2-6-10-21/h1-18,26H,19H2,(H,28,29). The van der Waals surface area contributed by atoms with E-state index in [0.717, 1.165) is 11.1 Å². The average Bonchev–Trinajstić information content (AvgIpc) is 2.83. The van der Waals surface area contributed by atoms with E-state index in [1.54, 1.807) is 48.8 Å². The highest BCUT2D eigenvalue weighted by Gasteiger charge is 2.16. The molecule has 0 bridgehead atoms. The molecule has 0 spiro atoms. The zero-order valence-corrected chi connectivity index (χ0v) is 16.8. The first-order valence-electron chi connectivity index (χ1n) is 9.97. The van der Waals surface area contributed by atoms with Crippen molar-refractivity contribution in [1.82, 2.24) is 4.98 Å². The van der Waals surface area contributed by atoms with Gasteiger partial charge in [-0.3, -0.25) is 9.78 Å². The number of amides is 1. The van der Waals surface area contributed by atoms with Crippen LogP contribution in [-0.2, 0) is 9.53 Å². The van der Waals surface area contributed by atoms with Gasteiger partial charge in [-0.05, 0) is 47.5 Å². The molecule has 4 rings (SSSR count). The number of aromatic nitrogens is 1. The number of hydrogen-bond donors (Lipinski definition) is 1. The van der Waals surface area contributed by atoms with E-state index < -0.39 is 0 Å². The molecule has 31 heavy (non-hydrogen) atoms.